The van der Waals surface area contributed by atoms with Crippen molar-refractivity contribution in [1.82, 2.24) is 25.0 Å². The third-order valence-corrected chi connectivity index (χ3v) is 3.57. The number of hydrogen-bond donors (Lipinski definition) is 1. The lowest BCUT2D eigenvalue weighted by molar-refractivity contribution is -0.274. The number of benzene rings is 2. The van der Waals surface area contributed by atoms with Gasteiger partial charge in [-0.3, -0.25) is 0 Å². The van der Waals surface area contributed by atoms with Gasteiger partial charge >= 0.3 is 6.36 Å². The Balaban J connectivity index is 1.65. The van der Waals surface area contributed by atoms with Crippen LogP contribution in [-0.2, 0) is 0 Å². The molecule has 0 radical (unpaired) electrons. The van der Waals surface area contributed by atoms with Crippen LogP contribution in [-0.4, -0.2) is 31.3 Å². The van der Waals surface area contributed by atoms with Crippen molar-refractivity contribution in [2.75, 3.05) is 5.32 Å². The first-order valence-corrected chi connectivity index (χ1v) is 7.85. The first-order valence-electron chi connectivity index (χ1n) is 7.85. The highest BCUT2D eigenvalue weighted by molar-refractivity contribution is 5.72. The number of aromatic nitrogens is 5. The second-order valence-corrected chi connectivity index (χ2v) is 5.58. The third kappa shape index (κ3) is 3.82. The van der Waals surface area contributed by atoms with Crippen LogP contribution in [0.4, 0.5) is 29.2 Å². The van der Waals surface area contributed by atoms with Gasteiger partial charge in [-0.05, 0) is 30.3 Å². The Morgan fingerprint density at radius 2 is 1.86 bits per heavy atom. The van der Waals surface area contributed by atoms with Crippen LogP contribution in [0.1, 0.15) is 0 Å². The minimum Gasteiger partial charge on any atom is -0.406 e. The molecule has 28 heavy (non-hydrogen) atoms. The molecule has 4 aromatic rings. The summed E-state index contributed by atoms with van der Waals surface area (Å²) in [6.07, 6.45) is -3.40. The highest BCUT2D eigenvalue weighted by Gasteiger charge is 2.31. The van der Waals surface area contributed by atoms with Crippen molar-refractivity contribution in [3.63, 3.8) is 0 Å². The van der Waals surface area contributed by atoms with Gasteiger partial charge in [0.25, 0.3) is 0 Å². The summed E-state index contributed by atoms with van der Waals surface area (Å²) in [6, 6.07) is 10.9. The highest BCUT2D eigenvalue weighted by atomic mass is 19.4. The van der Waals surface area contributed by atoms with Gasteiger partial charge in [-0.25, -0.2) is 9.37 Å². The molecule has 1 N–H and O–H groups in total. The Morgan fingerprint density at radius 3 is 2.64 bits per heavy atom. The van der Waals surface area contributed by atoms with E-state index in [4.69, 9.17) is 0 Å². The van der Waals surface area contributed by atoms with Crippen LogP contribution in [0.5, 0.6) is 5.75 Å². The van der Waals surface area contributed by atoms with Gasteiger partial charge in [-0.15, -0.1) is 18.3 Å². The molecule has 0 aliphatic carbocycles. The zero-order valence-electron chi connectivity index (χ0n) is 13.9. The van der Waals surface area contributed by atoms with Crippen molar-refractivity contribution in [2.45, 2.75) is 6.36 Å². The van der Waals surface area contributed by atoms with Gasteiger partial charge in [0.2, 0.25) is 5.95 Å². The molecule has 0 atom stereocenters. The molecule has 142 valence electrons. The van der Waals surface area contributed by atoms with Crippen LogP contribution in [0.3, 0.4) is 0 Å². The average Bonchev–Trinajstić information content (AvgIpc) is 3.04. The van der Waals surface area contributed by atoms with Crippen molar-refractivity contribution in [1.29, 1.82) is 0 Å². The number of alkyl halides is 3. The molecule has 7 nitrogen and oxygen atoms in total. The molecule has 4 rings (SSSR count). The van der Waals surface area contributed by atoms with Crippen LogP contribution in [0, 0.1) is 5.82 Å². The minimum atomic E-state index is -4.79. The Kier molecular flexibility index (Phi) is 4.26. The van der Waals surface area contributed by atoms with Gasteiger partial charge in [0, 0.05) is 11.8 Å². The van der Waals surface area contributed by atoms with Crippen molar-refractivity contribution in [3.05, 3.63) is 60.5 Å². The van der Waals surface area contributed by atoms with Crippen LogP contribution < -0.4 is 10.1 Å². The van der Waals surface area contributed by atoms with Crippen molar-refractivity contribution < 1.29 is 22.3 Å². The molecule has 0 bridgehead atoms. The summed E-state index contributed by atoms with van der Waals surface area (Å²) in [4.78, 5) is 8.33. The monoisotopic (exact) mass is 390 g/mol. The Bertz CT molecular complexity index is 1140. The number of anilines is 2. The zero-order valence-corrected chi connectivity index (χ0v) is 13.9. The van der Waals surface area contributed by atoms with E-state index >= 15 is 0 Å². The number of ether oxygens (including phenoxy) is 1. The molecule has 0 aliphatic rings. The van der Waals surface area contributed by atoms with E-state index in [1.54, 1.807) is 6.07 Å². The van der Waals surface area contributed by atoms with E-state index in [0.717, 1.165) is 6.07 Å². The van der Waals surface area contributed by atoms with E-state index in [0.29, 0.717) is 16.9 Å². The lowest BCUT2D eigenvalue weighted by Crippen LogP contribution is -2.17. The van der Waals surface area contributed by atoms with E-state index in [1.807, 2.05) is 0 Å². The fourth-order valence-corrected chi connectivity index (χ4v) is 2.47. The molecule has 2 heterocycles. The number of halogens is 4. The van der Waals surface area contributed by atoms with Crippen molar-refractivity contribution >= 4 is 22.8 Å². The Morgan fingerprint density at radius 1 is 1.04 bits per heavy atom. The molecular formula is C17H10F4N6O. The molecular weight excluding hydrogens is 380 g/mol. The number of hydrogen-bond acceptors (Lipinski definition) is 6. The molecule has 0 spiro atoms. The fraction of sp³-hybridized carbons (Fsp3) is 0.0588. The molecule has 0 amide bonds. The van der Waals surface area contributed by atoms with Gasteiger partial charge in [0.05, 0.1) is 11.9 Å². The number of rotatable bonds is 4. The minimum absolute atomic E-state index is 0.0941. The smallest absolute Gasteiger partial charge is 0.406 e. The van der Waals surface area contributed by atoms with E-state index < -0.39 is 12.2 Å². The Labute approximate surface area is 154 Å². The largest absolute Gasteiger partial charge is 0.573 e. The topological polar surface area (TPSA) is 77.8 Å². The molecule has 2 aromatic carbocycles. The van der Waals surface area contributed by atoms with Gasteiger partial charge in [0.15, 0.2) is 11.2 Å². The highest BCUT2D eigenvalue weighted by Crippen LogP contribution is 2.26. The lowest BCUT2D eigenvalue weighted by atomic mass is 10.3. The number of nitrogens with zero attached hydrogens (tertiary/aromatic N) is 5. The van der Waals surface area contributed by atoms with E-state index in [9.17, 15) is 17.6 Å². The lowest BCUT2D eigenvalue weighted by Gasteiger charge is -2.10. The molecule has 0 fully saturated rings. The summed E-state index contributed by atoms with van der Waals surface area (Å²) in [6.45, 7) is 0. The molecule has 2 aromatic heterocycles. The quantitative estimate of drug-likeness (QED) is 0.531. The summed E-state index contributed by atoms with van der Waals surface area (Å²) in [5, 5.41) is 10.6. The summed E-state index contributed by atoms with van der Waals surface area (Å²) in [7, 11) is 0. The van der Waals surface area contributed by atoms with Crippen molar-refractivity contribution in [2.24, 2.45) is 0 Å². The molecule has 0 saturated heterocycles. The summed E-state index contributed by atoms with van der Waals surface area (Å²) < 4.78 is 55.8. The second kappa shape index (κ2) is 6.76. The van der Waals surface area contributed by atoms with E-state index in [2.05, 4.69) is 30.3 Å². The fourth-order valence-electron chi connectivity index (χ4n) is 2.47. The molecule has 11 heteroatoms. The number of nitrogens with one attached hydrogen (secondary N) is 1. The first kappa shape index (κ1) is 17.6. The summed E-state index contributed by atoms with van der Waals surface area (Å²) in [5.74, 6) is -0.739. The summed E-state index contributed by atoms with van der Waals surface area (Å²) in [5.41, 5.74) is 1.35. The average molecular weight is 390 g/mol. The van der Waals surface area contributed by atoms with Gasteiger partial charge in [0.1, 0.15) is 11.6 Å². The molecule has 0 unspecified atom stereocenters. The standard InChI is InChI=1S/C17H10F4N6O/c18-10-3-1-5-12(7-10)27-15-14(25-26-27)9-22-16(24-15)23-11-4-2-6-13(8-11)28-17(19,20)21/h1-9H,(H,22,23,24). The molecule has 0 saturated carbocycles. The zero-order chi connectivity index (χ0) is 19.7. The van der Waals surface area contributed by atoms with Gasteiger partial charge in [-0.2, -0.15) is 9.67 Å². The third-order valence-electron chi connectivity index (χ3n) is 3.57. The predicted octanol–water partition coefficient (Wildman–Crippen LogP) is 3.99. The Hall–Kier alpha value is -3.76. The van der Waals surface area contributed by atoms with Gasteiger partial charge < -0.3 is 10.1 Å². The van der Waals surface area contributed by atoms with Crippen LogP contribution in [0.25, 0.3) is 16.9 Å². The van der Waals surface area contributed by atoms with Crippen LogP contribution >= 0.6 is 0 Å². The number of fused-ring (bicyclic) bond motifs is 1. The van der Waals surface area contributed by atoms with E-state index in [-0.39, 0.29) is 17.4 Å². The van der Waals surface area contributed by atoms with E-state index in [1.165, 1.54) is 47.3 Å². The second-order valence-electron chi connectivity index (χ2n) is 5.58. The maximum absolute atomic E-state index is 13.5. The first-order chi connectivity index (χ1) is 13.4. The predicted molar refractivity (Wildman–Crippen MR) is 90.8 cm³/mol. The maximum atomic E-state index is 13.5. The van der Waals surface area contributed by atoms with Gasteiger partial charge in [-0.1, -0.05) is 17.3 Å². The normalized spacial score (nSPS) is 11.6. The van der Waals surface area contributed by atoms with Crippen LogP contribution in [0.2, 0.25) is 0 Å². The van der Waals surface area contributed by atoms with Crippen molar-refractivity contribution in [3.8, 4) is 11.4 Å². The SMILES string of the molecule is Fc1cccc(-n2nnc3cnc(Nc4cccc(OC(F)(F)F)c4)nc32)c1. The summed E-state index contributed by atoms with van der Waals surface area (Å²) >= 11 is 0. The molecule has 0 aliphatic heterocycles. The maximum Gasteiger partial charge on any atom is 0.573 e. The van der Waals surface area contributed by atoms with Crippen LogP contribution in [0.15, 0.2) is 54.7 Å².